The zero-order chi connectivity index (χ0) is 11.9. The molecular weight excluding hydrogens is 212 g/mol. The quantitative estimate of drug-likeness (QED) is 0.696. The summed E-state index contributed by atoms with van der Waals surface area (Å²) in [5.41, 5.74) is 0. The van der Waals surface area contributed by atoms with Crippen LogP contribution in [0.25, 0.3) is 0 Å². The monoisotopic (exact) mass is 240 g/mol. The SMILES string of the molecule is COC1CCCC1NCCCC1CCNCC1. The van der Waals surface area contributed by atoms with E-state index in [9.17, 15) is 0 Å². The molecule has 0 radical (unpaired) electrons. The Morgan fingerprint density at radius 2 is 2.00 bits per heavy atom. The van der Waals surface area contributed by atoms with E-state index in [0.29, 0.717) is 12.1 Å². The summed E-state index contributed by atoms with van der Waals surface area (Å²) >= 11 is 0. The maximum Gasteiger partial charge on any atom is 0.0724 e. The lowest BCUT2D eigenvalue weighted by molar-refractivity contribution is 0.0850. The Hall–Kier alpha value is -0.120. The minimum Gasteiger partial charge on any atom is -0.380 e. The van der Waals surface area contributed by atoms with Crippen LogP contribution in [0.15, 0.2) is 0 Å². The first-order chi connectivity index (χ1) is 8.40. The Balaban J connectivity index is 1.53. The fraction of sp³-hybridized carbons (Fsp3) is 1.00. The summed E-state index contributed by atoms with van der Waals surface area (Å²) < 4.78 is 5.50. The molecule has 3 heteroatoms. The first-order valence-electron chi connectivity index (χ1n) is 7.37. The highest BCUT2D eigenvalue weighted by Crippen LogP contribution is 2.22. The highest BCUT2D eigenvalue weighted by molar-refractivity contribution is 4.83. The van der Waals surface area contributed by atoms with Crippen LogP contribution < -0.4 is 10.6 Å². The summed E-state index contributed by atoms with van der Waals surface area (Å²) in [4.78, 5) is 0. The van der Waals surface area contributed by atoms with Gasteiger partial charge in [0, 0.05) is 13.2 Å². The molecule has 3 nitrogen and oxygen atoms in total. The Labute approximate surface area is 106 Å². The number of piperidine rings is 1. The predicted molar refractivity (Wildman–Crippen MR) is 71.3 cm³/mol. The average Bonchev–Trinajstić information content (AvgIpc) is 2.83. The second-order valence-electron chi connectivity index (χ2n) is 5.60. The molecule has 1 saturated heterocycles. The van der Waals surface area contributed by atoms with E-state index in [2.05, 4.69) is 10.6 Å². The van der Waals surface area contributed by atoms with Gasteiger partial charge in [0.15, 0.2) is 0 Å². The normalized spacial score (nSPS) is 30.9. The lowest BCUT2D eigenvalue weighted by Crippen LogP contribution is -2.37. The third-order valence-corrected chi connectivity index (χ3v) is 4.41. The second kappa shape index (κ2) is 7.34. The fourth-order valence-corrected chi connectivity index (χ4v) is 3.29. The largest absolute Gasteiger partial charge is 0.380 e. The lowest BCUT2D eigenvalue weighted by Gasteiger charge is -2.23. The highest BCUT2D eigenvalue weighted by Gasteiger charge is 2.26. The molecular formula is C14H28N2O. The minimum absolute atomic E-state index is 0.467. The third-order valence-electron chi connectivity index (χ3n) is 4.41. The highest BCUT2D eigenvalue weighted by atomic mass is 16.5. The van der Waals surface area contributed by atoms with Crippen molar-refractivity contribution in [3.8, 4) is 0 Å². The van der Waals surface area contributed by atoms with Crippen LogP contribution >= 0.6 is 0 Å². The molecule has 0 aromatic heterocycles. The summed E-state index contributed by atoms with van der Waals surface area (Å²) in [6.45, 7) is 3.63. The van der Waals surface area contributed by atoms with Gasteiger partial charge in [0.2, 0.25) is 0 Å². The molecule has 1 aliphatic carbocycles. The van der Waals surface area contributed by atoms with Crippen LogP contribution in [0.3, 0.4) is 0 Å². The summed E-state index contributed by atoms with van der Waals surface area (Å²) in [5, 5.41) is 7.11. The van der Waals surface area contributed by atoms with E-state index in [1.54, 1.807) is 0 Å². The van der Waals surface area contributed by atoms with Gasteiger partial charge in [-0.05, 0) is 70.5 Å². The van der Waals surface area contributed by atoms with Gasteiger partial charge in [0.05, 0.1) is 6.10 Å². The van der Waals surface area contributed by atoms with Crippen molar-refractivity contribution in [3.63, 3.8) is 0 Å². The predicted octanol–water partition coefficient (Wildman–Crippen LogP) is 1.92. The number of ether oxygens (including phenoxy) is 1. The number of nitrogens with one attached hydrogen (secondary N) is 2. The van der Waals surface area contributed by atoms with Crippen LogP contribution in [0, 0.1) is 5.92 Å². The molecule has 100 valence electrons. The van der Waals surface area contributed by atoms with Gasteiger partial charge in [-0.15, -0.1) is 0 Å². The van der Waals surface area contributed by atoms with Gasteiger partial charge in [-0.2, -0.15) is 0 Å². The number of hydrogen-bond donors (Lipinski definition) is 2. The number of methoxy groups -OCH3 is 1. The molecule has 2 atom stereocenters. The molecule has 0 aromatic carbocycles. The molecule has 2 unspecified atom stereocenters. The van der Waals surface area contributed by atoms with E-state index in [1.807, 2.05) is 7.11 Å². The molecule has 1 saturated carbocycles. The molecule has 0 bridgehead atoms. The van der Waals surface area contributed by atoms with Crippen molar-refractivity contribution in [2.24, 2.45) is 5.92 Å². The smallest absolute Gasteiger partial charge is 0.0724 e. The minimum atomic E-state index is 0.467. The molecule has 17 heavy (non-hydrogen) atoms. The van der Waals surface area contributed by atoms with E-state index in [4.69, 9.17) is 4.74 Å². The van der Waals surface area contributed by atoms with Crippen molar-refractivity contribution < 1.29 is 4.74 Å². The Morgan fingerprint density at radius 1 is 1.18 bits per heavy atom. The Kier molecular flexibility index (Phi) is 5.75. The molecule has 0 spiro atoms. The number of hydrogen-bond acceptors (Lipinski definition) is 3. The summed E-state index contributed by atoms with van der Waals surface area (Å²) in [6.07, 6.45) is 9.82. The van der Waals surface area contributed by atoms with Crippen molar-refractivity contribution in [2.75, 3.05) is 26.7 Å². The van der Waals surface area contributed by atoms with Crippen molar-refractivity contribution in [3.05, 3.63) is 0 Å². The average molecular weight is 240 g/mol. The van der Waals surface area contributed by atoms with Crippen molar-refractivity contribution >= 4 is 0 Å². The summed E-state index contributed by atoms with van der Waals surface area (Å²) in [6, 6.07) is 0.619. The van der Waals surface area contributed by atoms with Crippen molar-refractivity contribution in [2.45, 2.75) is 57.1 Å². The van der Waals surface area contributed by atoms with E-state index in [-0.39, 0.29) is 0 Å². The van der Waals surface area contributed by atoms with Crippen LogP contribution in [0.4, 0.5) is 0 Å². The van der Waals surface area contributed by atoms with E-state index in [1.165, 1.54) is 64.6 Å². The first kappa shape index (κ1) is 13.3. The maximum atomic E-state index is 5.50. The molecule has 0 amide bonds. The van der Waals surface area contributed by atoms with E-state index in [0.717, 1.165) is 5.92 Å². The van der Waals surface area contributed by atoms with Crippen molar-refractivity contribution in [1.29, 1.82) is 0 Å². The zero-order valence-corrected chi connectivity index (χ0v) is 11.2. The molecule has 2 N–H and O–H groups in total. The maximum absolute atomic E-state index is 5.50. The topological polar surface area (TPSA) is 33.3 Å². The fourth-order valence-electron chi connectivity index (χ4n) is 3.29. The summed E-state index contributed by atoms with van der Waals surface area (Å²) in [5.74, 6) is 0.972. The van der Waals surface area contributed by atoms with Gasteiger partial charge >= 0.3 is 0 Å². The molecule has 0 aromatic rings. The zero-order valence-electron chi connectivity index (χ0n) is 11.2. The third kappa shape index (κ3) is 4.23. The van der Waals surface area contributed by atoms with Gasteiger partial charge in [0.1, 0.15) is 0 Å². The number of rotatable bonds is 6. The van der Waals surface area contributed by atoms with E-state index >= 15 is 0 Å². The molecule has 2 aliphatic rings. The van der Waals surface area contributed by atoms with Gasteiger partial charge in [-0.25, -0.2) is 0 Å². The Morgan fingerprint density at radius 3 is 2.76 bits per heavy atom. The van der Waals surface area contributed by atoms with Gasteiger partial charge in [-0.1, -0.05) is 0 Å². The van der Waals surface area contributed by atoms with Crippen LogP contribution in [-0.4, -0.2) is 38.9 Å². The van der Waals surface area contributed by atoms with Gasteiger partial charge in [0.25, 0.3) is 0 Å². The second-order valence-corrected chi connectivity index (χ2v) is 5.60. The molecule has 1 aliphatic heterocycles. The molecule has 1 heterocycles. The van der Waals surface area contributed by atoms with Crippen LogP contribution in [-0.2, 0) is 4.74 Å². The van der Waals surface area contributed by atoms with Gasteiger partial charge in [-0.3, -0.25) is 0 Å². The van der Waals surface area contributed by atoms with E-state index < -0.39 is 0 Å². The van der Waals surface area contributed by atoms with Gasteiger partial charge < -0.3 is 15.4 Å². The standard InChI is InChI=1S/C14H28N2O/c1-17-14-6-2-5-13(14)16-9-3-4-12-7-10-15-11-8-12/h12-16H,2-11H2,1H3. The van der Waals surface area contributed by atoms with Crippen molar-refractivity contribution in [1.82, 2.24) is 10.6 Å². The van der Waals surface area contributed by atoms with Crippen LogP contribution in [0.1, 0.15) is 44.9 Å². The first-order valence-corrected chi connectivity index (χ1v) is 7.37. The Bertz CT molecular complexity index is 204. The van der Waals surface area contributed by atoms with Crippen LogP contribution in [0.2, 0.25) is 0 Å². The van der Waals surface area contributed by atoms with Crippen LogP contribution in [0.5, 0.6) is 0 Å². The summed E-state index contributed by atoms with van der Waals surface area (Å²) in [7, 11) is 1.85. The lowest BCUT2D eigenvalue weighted by atomic mass is 9.93. The molecule has 2 rings (SSSR count). The molecule has 2 fully saturated rings.